The molecule has 0 aliphatic carbocycles. The van der Waals surface area contributed by atoms with E-state index in [-0.39, 0.29) is 0 Å². The molecule has 0 aliphatic heterocycles. The van der Waals surface area contributed by atoms with Crippen molar-refractivity contribution in [1.29, 1.82) is 0 Å². The number of aromatic nitrogens is 4. The molecule has 5 nitrogen and oxygen atoms in total. The van der Waals surface area contributed by atoms with Gasteiger partial charge < -0.3 is 4.42 Å². The molecule has 49 heavy (non-hydrogen) atoms. The molecule has 0 saturated heterocycles. The Labute approximate surface area is 281 Å². The first kappa shape index (κ1) is 27.4. The number of nitrogens with zero attached hydrogens (tertiary/aromatic N) is 4. The van der Waals surface area contributed by atoms with Crippen LogP contribution in [0.5, 0.6) is 0 Å². The van der Waals surface area contributed by atoms with Crippen molar-refractivity contribution in [2.45, 2.75) is 0 Å². The largest absolute Gasteiger partial charge is 0.456 e. The molecule has 10 aromatic rings. The molecule has 0 atom stereocenters. The highest BCUT2D eigenvalue weighted by atomic mass is 16.3. The standard InChI is InChI=1S/C44H26N4O/c1-2-9-28(10-3-1)42-46-43(32-17-16-27-8-4-5-11-29(27)22-32)48-44(47-42)33-18-19-35-31(23-33)12-6-13-36(35)37-14-7-15-39-41(37)38-24-30-20-21-45-26-34(30)25-40(38)49-39/h1-26H. The Hall–Kier alpha value is -6.72. The summed E-state index contributed by atoms with van der Waals surface area (Å²) in [5.41, 5.74) is 6.82. The minimum absolute atomic E-state index is 0.633. The molecule has 10 rings (SSSR count). The van der Waals surface area contributed by atoms with Gasteiger partial charge in [0, 0.05) is 45.2 Å². The fourth-order valence-corrected chi connectivity index (χ4v) is 6.97. The van der Waals surface area contributed by atoms with Gasteiger partial charge in [0.1, 0.15) is 11.2 Å². The number of rotatable bonds is 4. The zero-order valence-electron chi connectivity index (χ0n) is 26.2. The van der Waals surface area contributed by atoms with E-state index in [4.69, 9.17) is 19.4 Å². The summed E-state index contributed by atoms with van der Waals surface area (Å²) in [7, 11) is 0. The van der Waals surface area contributed by atoms with Crippen LogP contribution < -0.4 is 0 Å². The summed E-state index contributed by atoms with van der Waals surface area (Å²) in [6, 6.07) is 50.4. The minimum Gasteiger partial charge on any atom is -0.456 e. The van der Waals surface area contributed by atoms with Crippen molar-refractivity contribution < 1.29 is 4.42 Å². The van der Waals surface area contributed by atoms with E-state index in [1.807, 2.05) is 54.9 Å². The molecule has 0 unspecified atom stereocenters. The maximum atomic E-state index is 6.38. The van der Waals surface area contributed by atoms with Gasteiger partial charge in [0.05, 0.1) is 0 Å². The molecular formula is C44H26N4O. The van der Waals surface area contributed by atoms with Crippen LogP contribution in [0.1, 0.15) is 0 Å². The van der Waals surface area contributed by atoms with Gasteiger partial charge in [-0.2, -0.15) is 0 Å². The lowest BCUT2D eigenvalue weighted by molar-refractivity contribution is 0.669. The summed E-state index contributed by atoms with van der Waals surface area (Å²) in [4.78, 5) is 19.3. The van der Waals surface area contributed by atoms with Crippen molar-refractivity contribution in [3.05, 3.63) is 158 Å². The summed E-state index contributed by atoms with van der Waals surface area (Å²) in [5.74, 6) is 1.92. The van der Waals surface area contributed by atoms with Crippen molar-refractivity contribution in [1.82, 2.24) is 19.9 Å². The van der Waals surface area contributed by atoms with Gasteiger partial charge in [-0.25, -0.2) is 15.0 Å². The molecular weight excluding hydrogens is 601 g/mol. The lowest BCUT2D eigenvalue weighted by Crippen LogP contribution is -2.00. The molecule has 0 aliphatic rings. The molecule has 0 fully saturated rings. The van der Waals surface area contributed by atoms with Crippen molar-refractivity contribution >= 4 is 54.3 Å². The van der Waals surface area contributed by atoms with Gasteiger partial charge in [-0.3, -0.25) is 4.98 Å². The topological polar surface area (TPSA) is 64.7 Å². The van der Waals surface area contributed by atoms with E-state index in [9.17, 15) is 0 Å². The van der Waals surface area contributed by atoms with Crippen LogP contribution in [-0.4, -0.2) is 19.9 Å². The predicted molar refractivity (Wildman–Crippen MR) is 199 cm³/mol. The third kappa shape index (κ3) is 4.63. The van der Waals surface area contributed by atoms with Crippen LogP contribution in [0, 0.1) is 0 Å². The molecule has 0 N–H and O–H groups in total. The maximum Gasteiger partial charge on any atom is 0.164 e. The van der Waals surface area contributed by atoms with E-state index < -0.39 is 0 Å². The molecule has 3 aromatic heterocycles. The zero-order chi connectivity index (χ0) is 32.3. The number of furan rings is 1. The first-order chi connectivity index (χ1) is 24.2. The van der Waals surface area contributed by atoms with Crippen molar-refractivity contribution in [2.24, 2.45) is 0 Å². The lowest BCUT2D eigenvalue weighted by Gasteiger charge is -2.12. The van der Waals surface area contributed by atoms with Gasteiger partial charge in [-0.05, 0) is 74.5 Å². The van der Waals surface area contributed by atoms with E-state index in [1.165, 1.54) is 5.39 Å². The molecule has 3 heterocycles. The second-order valence-corrected chi connectivity index (χ2v) is 12.3. The van der Waals surface area contributed by atoms with Gasteiger partial charge in [0.2, 0.25) is 0 Å². The summed E-state index contributed by atoms with van der Waals surface area (Å²) < 4.78 is 6.38. The Morgan fingerprint density at radius 3 is 1.92 bits per heavy atom. The zero-order valence-corrected chi connectivity index (χ0v) is 26.2. The Morgan fingerprint density at radius 2 is 1.06 bits per heavy atom. The summed E-state index contributed by atoms with van der Waals surface area (Å²) in [6.07, 6.45) is 3.71. The van der Waals surface area contributed by atoms with Gasteiger partial charge in [0.25, 0.3) is 0 Å². The van der Waals surface area contributed by atoms with Gasteiger partial charge in [0.15, 0.2) is 17.5 Å². The number of hydrogen-bond acceptors (Lipinski definition) is 5. The van der Waals surface area contributed by atoms with Crippen molar-refractivity contribution in [3.8, 4) is 45.3 Å². The van der Waals surface area contributed by atoms with Crippen LogP contribution in [0.3, 0.4) is 0 Å². The maximum absolute atomic E-state index is 6.38. The Bertz CT molecular complexity index is 2890. The second kappa shape index (κ2) is 10.9. The summed E-state index contributed by atoms with van der Waals surface area (Å²) >= 11 is 0. The highest BCUT2D eigenvalue weighted by Crippen LogP contribution is 2.41. The average molecular weight is 627 g/mol. The lowest BCUT2D eigenvalue weighted by atomic mass is 9.93. The van der Waals surface area contributed by atoms with Gasteiger partial charge in [-0.15, -0.1) is 0 Å². The quantitative estimate of drug-likeness (QED) is 0.194. The van der Waals surface area contributed by atoms with Crippen LogP contribution >= 0.6 is 0 Å². The molecule has 0 saturated carbocycles. The number of fused-ring (bicyclic) bond motifs is 6. The number of benzene rings is 7. The minimum atomic E-state index is 0.633. The molecule has 0 amide bonds. The monoisotopic (exact) mass is 626 g/mol. The Morgan fingerprint density at radius 1 is 0.388 bits per heavy atom. The smallest absolute Gasteiger partial charge is 0.164 e. The summed E-state index contributed by atoms with van der Waals surface area (Å²) in [6.45, 7) is 0. The van der Waals surface area contributed by atoms with Crippen molar-refractivity contribution in [2.75, 3.05) is 0 Å². The van der Waals surface area contributed by atoms with E-state index in [1.54, 1.807) is 0 Å². The van der Waals surface area contributed by atoms with E-state index in [2.05, 4.69) is 108 Å². The highest BCUT2D eigenvalue weighted by molar-refractivity contribution is 6.17. The third-order valence-corrected chi connectivity index (χ3v) is 9.36. The van der Waals surface area contributed by atoms with Gasteiger partial charge >= 0.3 is 0 Å². The third-order valence-electron chi connectivity index (χ3n) is 9.36. The summed E-state index contributed by atoms with van der Waals surface area (Å²) in [5, 5.41) is 8.97. The first-order valence-electron chi connectivity index (χ1n) is 16.3. The molecule has 0 bridgehead atoms. The highest BCUT2D eigenvalue weighted by Gasteiger charge is 2.17. The van der Waals surface area contributed by atoms with E-state index in [0.29, 0.717) is 17.5 Å². The molecule has 228 valence electrons. The van der Waals surface area contributed by atoms with Crippen molar-refractivity contribution in [3.63, 3.8) is 0 Å². The average Bonchev–Trinajstić information content (AvgIpc) is 3.54. The molecule has 0 radical (unpaired) electrons. The number of hydrogen-bond donors (Lipinski definition) is 0. The normalized spacial score (nSPS) is 11.7. The van der Waals surface area contributed by atoms with Crippen LogP contribution in [0.4, 0.5) is 0 Å². The molecule has 0 spiro atoms. The van der Waals surface area contributed by atoms with Gasteiger partial charge in [-0.1, -0.05) is 109 Å². The van der Waals surface area contributed by atoms with Crippen LogP contribution in [0.25, 0.3) is 99.5 Å². The number of pyridine rings is 1. The fourth-order valence-electron chi connectivity index (χ4n) is 6.97. The predicted octanol–water partition coefficient (Wildman–Crippen LogP) is 11.3. The fraction of sp³-hybridized carbons (Fsp3) is 0. The van der Waals surface area contributed by atoms with Crippen LogP contribution in [-0.2, 0) is 0 Å². The van der Waals surface area contributed by atoms with E-state index in [0.717, 1.165) is 76.7 Å². The molecule has 7 aromatic carbocycles. The Kier molecular flexibility index (Phi) is 6.11. The van der Waals surface area contributed by atoms with Crippen LogP contribution in [0.2, 0.25) is 0 Å². The SMILES string of the molecule is c1ccc(-c2nc(-c3ccc4ccccc4c3)nc(-c3ccc4c(-c5cccc6oc7cc8cnccc8cc7c56)cccc4c3)n2)cc1. The van der Waals surface area contributed by atoms with Crippen LogP contribution in [0.15, 0.2) is 162 Å². The van der Waals surface area contributed by atoms with E-state index >= 15 is 0 Å². The first-order valence-corrected chi connectivity index (χ1v) is 16.3. The molecule has 5 heteroatoms. The Balaban J connectivity index is 1.14. The second-order valence-electron chi connectivity index (χ2n) is 12.3.